The van der Waals surface area contributed by atoms with Gasteiger partial charge in [0.25, 0.3) is 0 Å². The fraction of sp³-hybridized carbons (Fsp3) is 0.462. The van der Waals surface area contributed by atoms with Gasteiger partial charge in [-0.1, -0.05) is 17.7 Å². The molecule has 1 unspecified atom stereocenters. The zero-order chi connectivity index (χ0) is 12.7. The highest BCUT2D eigenvalue weighted by Gasteiger charge is 2.11. The van der Waals surface area contributed by atoms with Crippen LogP contribution >= 0.6 is 11.8 Å². The molecule has 3 nitrogen and oxygen atoms in total. The lowest BCUT2D eigenvalue weighted by atomic mass is 10.2. The van der Waals surface area contributed by atoms with Crippen molar-refractivity contribution in [2.24, 2.45) is 0 Å². The number of hydrogen-bond donors (Lipinski definition) is 1. The lowest BCUT2D eigenvalue weighted by molar-refractivity contribution is -0.144. The van der Waals surface area contributed by atoms with Crippen LogP contribution in [0.1, 0.15) is 18.9 Å². The van der Waals surface area contributed by atoms with Gasteiger partial charge in [0, 0.05) is 10.6 Å². The van der Waals surface area contributed by atoms with E-state index in [0.29, 0.717) is 12.4 Å². The smallest absolute Gasteiger partial charge is 0.308 e. The first-order chi connectivity index (χ1) is 8.11. The Labute approximate surface area is 106 Å². The maximum Gasteiger partial charge on any atom is 0.308 e. The van der Waals surface area contributed by atoms with Crippen molar-refractivity contribution >= 4 is 17.7 Å². The Hall–Kier alpha value is -1.00. The van der Waals surface area contributed by atoms with Gasteiger partial charge in [0.05, 0.1) is 19.1 Å². The van der Waals surface area contributed by atoms with Gasteiger partial charge in [0.15, 0.2) is 0 Å². The molecule has 0 aliphatic heterocycles. The number of carbonyl (C=O) groups is 1. The summed E-state index contributed by atoms with van der Waals surface area (Å²) in [6, 6.07) is 8.06. The molecule has 0 radical (unpaired) electrons. The summed E-state index contributed by atoms with van der Waals surface area (Å²) in [5.74, 6) is 0.160. The zero-order valence-electron chi connectivity index (χ0n) is 10.2. The van der Waals surface area contributed by atoms with Crippen molar-refractivity contribution < 1.29 is 14.6 Å². The maximum absolute atomic E-state index is 11.1. The summed E-state index contributed by atoms with van der Waals surface area (Å²) in [4.78, 5) is 12.2. The maximum atomic E-state index is 11.1. The molecule has 0 amide bonds. The molecular weight excluding hydrogens is 236 g/mol. The van der Waals surface area contributed by atoms with E-state index >= 15 is 0 Å². The Morgan fingerprint density at radius 1 is 1.53 bits per heavy atom. The second-order valence-corrected chi connectivity index (χ2v) is 4.88. The molecule has 1 aromatic carbocycles. The summed E-state index contributed by atoms with van der Waals surface area (Å²) < 4.78 is 4.78. The molecule has 0 saturated carbocycles. The van der Waals surface area contributed by atoms with Gasteiger partial charge in [-0.05, 0) is 26.0 Å². The van der Waals surface area contributed by atoms with Gasteiger partial charge in [-0.2, -0.15) is 0 Å². The average molecular weight is 254 g/mol. The SMILES string of the molecule is CCOC(=O)CC(O)CSc1cccc(C)c1. The zero-order valence-corrected chi connectivity index (χ0v) is 11.0. The highest BCUT2D eigenvalue weighted by Crippen LogP contribution is 2.20. The Balaban J connectivity index is 2.33. The summed E-state index contributed by atoms with van der Waals surface area (Å²) in [7, 11) is 0. The predicted octanol–water partition coefficient (Wildman–Crippen LogP) is 2.40. The van der Waals surface area contributed by atoms with Crippen molar-refractivity contribution in [2.45, 2.75) is 31.3 Å². The van der Waals surface area contributed by atoms with Gasteiger partial charge in [-0.25, -0.2) is 0 Å². The number of aliphatic hydroxyl groups excluding tert-OH is 1. The van der Waals surface area contributed by atoms with Crippen LogP contribution in [0.2, 0.25) is 0 Å². The highest BCUT2D eigenvalue weighted by atomic mass is 32.2. The van der Waals surface area contributed by atoms with Crippen LogP contribution in [0, 0.1) is 6.92 Å². The minimum atomic E-state index is -0.653. The molecule has 4 heteroatoms. The van der Waals surface area contributed by atoms with Crippen LogP contribution in [0.4, 0.5) is 0 Å². The Bertz CT molecular complexity index is 365. The van der Waals surface area contributed by atoms with Gasteiger partial charge in [-0.3, -0.25) is 4.79 Å². The van der Waals surface area contributed by atoms with E-state index in [2.05, 4.69) is 6.07 Å². The molecule has 0 fully saturated rings. The van der Waals surface area contributed by atoms with Crippen LogP contribution in [0.3, 0.4) is 0 Å². The first kappa shape index (κ1) is 14.1. The number of esters is 1. The summed E-state index contributed by atoms with van der Waals surface area (Å²) in [6.07, 6.45) is -0.591. The molecule has 0 aromatic heterocycles. The molecule has 1 rings (SSSR count). The second-order valence-electron chi connectivity index (χ2n) is 3.79. The van der Waals surface area contributed by atoms with Gasteiger partial charge in [0.2, 0.25) is 0 Å². The third-order valence-corrected chi connectivity index (χ3v) is 3.28. The first-order valence-corrected chi connectivity index (χ1v) is 6.63. The fourth-order valence-electron chi connectivity index (χ4n) is 1.37. The van der Waals surface area contributed by atoms with Crippen molar-refractivity contribution in [3.05, 3.63) is 29.8 Å². The van der Waals surface area contributed by atoms with E-state index in [9.17, 15) is 9.90 Å². The molecular formula is C13H18O3S. The molecule has 0 saturated heterocycles. The standard InChI is InChI=1S/C13H18O3S/c1-3-16-13(15)8-11(14)9-17-12-6-4-5-10(2)7-12/h4-7,11,14H,3,8-9H2,1-2H3. The molecule has 0 aliphatic rings. The van der Waals surface area contributed by atoms with Crippen molar-refractivity contribution in [1.82, 2.24) is 0 Å². The van der Waals surface area contributed by atoms with E-state index in [0.717, 1.165) is 4.90 Å². The summed E-state index contributed by atoms with van der Waals surface area (Å²) in [5, 5.41) is 9.66. The van der Waals surface area contributed by atoms with E-state index in [-0.39, 0.29) is 12.4 Å². The van der Waals surface area contributed by atoms with Gasteiger partial charge in [0.1, 0.15) is 0 Å². The number of benzene rings is 1. The molecule has 0 bridgehead atoms. The van der Waals surface area contributed by atoms with Gasteiger partial charge in [-0.15, -0.1) is 11.8 Å². The van der Waals surface area contributed by atoms with Crippen LogP contribution in [0.25, 0.3) is 0 Å². The largest absolute Gasteiger partial charge is 0.466 e. The van der Waals surface area contributed by atoms with Crippen molar-refractivity contribution in [3.8, 4) is 0 Å². The average Bonchev–Trinajstić information content (AvgIpc) is 2.27. The summed E-state index contributed by atoms with van der Waals surface area (Å²) in [5.41, 5.74) is 1.19. The molecule has 1 atom stereocenters. The van der Waals surface area contributed by atoms with E-state index in [1.807, 2.05) is 25.1 Å². The number of aliphatic hydroxyl groups is 1. The lowest BCUT2D eigenvalue weighted by Gasteiger charge is -2.09. The van der Waals surface area contributed by atoms with E-state index < -0.39 is 6.10 Å². The summed E-state index contributed by atoms with van der Waals surface area (Å²) >= 11 is 1.54. The second kappa shape index (κ2) is 7.35. The molecule has 0 heterocycles. The third-order valence-electron chi connectivity index (χ3n) is 2.14. The molecule has 0 spiro atoms. The number of aryl methyl sites for hydroxylation is 1. The number of hydrogen-bond acceptors (Lipinski definition) is 4. The summed E-state index contributed by atoms with van der Waals surface area (Å²) in [6.45, 7) is 4.14. The Morgan fingerprint density at radius 3 is 2.94 bits per heavy atom. The van der Waals surface area contributed by atoms with Crippen LogP contribution < -0.4 is 0 Å². The number of rotatable bonds is 6. The highest BCUT2D eigenvalue weighted by molar-refractivity contribution is 7.99. The van der Waals surface area contributed by atoms with Gasteiger partial charge >= 0.3 is 5.97 Å². The quantitative estimate of drug-likeness (QED) is 0.625. The normalized spacial score (nSPS) is 12.2. The molecule has 1 N–H and O–H groups in total. The topological polar surface area (TPSA) is 46.5 Å². The molecule has 17 heavy (non-hydrogen) atoms. The van der Waals surface area contributed by atoms with E-state index in [1.54, 1.807) is 18.7 Å². The monoisotopic (exact) mass is 254 g/mol. The molecule has 94 valence electrons. The molecule has 0 aliphatic carbocycles. The Morgan fingerprint density at radius 2 is 2.29 bits per heavy atom. The minimum absolute atomic E-state index is 0.0622. The van der Waals surface area contributed by atoms with E-state index in [1.165, 1.54) is 5.56 Å². The van der Waals surface area contributed by atoms with Crippen molar-refractivity contribution in [2.75, 3.05) is 12.4 Å². The lowest BCUT2D eigenvalue weighted by Crippen LogP contribution is -2.17. The van der Waals surface area contributed by atoms with E-state index in [4.69, 9.17) is 4.74 Å². The van der Waals surface area contributed by atoms with Crippen LogP contribution in [0.5, 0.6) is 0 Å². The Kier molecular flexibility index (Phi) is 6.08. The number of thioether (sulfide) groups is 1. The first-order valence-electron chi connectivity index (χ1n) is 5.65. The predicted molar refractivity (Wildman–Crippen MR) is 69.2 cm³/mol. The van der Waals surface area contributed by atoms with Crippen molar-refractivity contribution in [3.63, 3.8) is 0 Å². The number of ether oxygens (including phenoxy) is 1. The third kappa shape index (κ3) is 5.75. The number of carbonyl (C=O) groups excluding carboxylic acids is 1. The van der Waals surface area contributed by atoms with Gasteiger partial charge < -0.3 is 9.84 Å². The minimum Gasteiger partial charge on any atom is -0.466 e. The fourth-order valence-corrected chi connectivity index (χ4v) is 2.32. The van der Waals surface area contributed by atoms with Crippen molar-refractivity contribution in [1.29, 1.82) is 0 Å². The molecule has 1 aromatic rings. The van der Waals surface area contributed by atoms with Crippen LogP contribution in [-0.4, -0.2) is 29.5 Å². The van der Waals surface area contributed by atoms with Crippen LogP contribution in [0.15, 0.2) is 29.2 Å². The van der Waals surface area contributed by atoms with Crippen LogP contribution in [-0.2, 0) is 9.53 Å².